The Morgan fingerprint density at radius 1 is 1.05 bits per heavy atom. The molecule has 9 heteroatoms. The van der Waals surface area contributed by atoms with E-state index in [0.717, 1.165) is 51.4 Å². The SMILES string of the molecule is COC(=O)C(C)=CCC1(O)C(=O)C2CC(C(C)C)C13Oc1c(CC=C(C)C)c4c(c(OC)c1C1=Nc5ccccc5SC2C13)C=CC(C)(CCC=C(C)C)O4. The molecule has 7 atom stereocenters. The number of ketones is 1. The number of carbonyl (C=O) groups excluding carboxylic acids is 2. The number of carbonyl (C=O) groups is 2. The summed E-state index contributed by atoms with van der Waals surface area (Å²) in [6, 6.07) is 8.07. The molecule has 292 valence electrons. The van der Waals surface area contributed by atoms with Gasteiger partial charge in [-0.3, -0.25) is 9.79 Å². The van der Waals surface area contributed by atoms with Crippen LogP contribution in [0.2, 0.25) is 0 Å². The molecule has 3 aliphatic heterocycles. The van der Waals surface area contributed by atoms with Gasteiger partial charge in [-0.25, -0.2) is 4.79 Å². The van der Waals surface area contributed by atoms with Gasteiger partial charge in [0.15, 0.2) is 17.0 Å². The minimum Gasteiger partial charge on any atom is -0.495 e. The molecule has 0 aromatic heterocycles. The van der Waals surface area contributed by atoms with Crippen molar-refractivity contribution < 1.29 is 33.6 Å². The van der Waals surface area contributed by atoms with Gasteiger partial charge in [0.05, 0.1) is 42.7 Å². The number of methoxy groups -OCH3 is 2. The van der Waals surface area contributed by atoms with Gasteiger partial charge in [-0.1, -0.05) is 55.4 Å². The van der Waals surface area contributed by atoms with Crippen molar-refractivity contribution in [3.63, 3.8) is 0 Å². The van der Waals surface area contributed by atoms with Crippen molar-refractivity contribution in [3.8, 4) is 17.2 Å². The number of aliphatic hydroxyl groups is 1. The number of rotatable bonds is 10. The molecule has 3 saturated carbocycles. The maximum Gasteiger partial charge on any atom is 0.333 e. The lowest BCUT2D eigenvalue weighted by atomic mass is 9.44. The van der Waals surface area contributed by atoms with Crippen LogP contribution in [-0.2, 0) is 20.7 Å². The maximum atomic E-state index is 15.1. The number of hydrogen-bond acceptors (Lipinski definition) is 9. The Morgan fingerprint density at radius 3 is 2.45 bits per heavy atom. The summed E-state index contributed by atoms with van der Waals surface area (Å²) >= 11 is 1.66. The number of hydrogen-bond donors (Lipinski definition) is 1. The average molecular weight is 766 g/mol. The van der Waals surface area contributed by atoms with Crippen LogP contribution in [0.1, 0.15) is 97.8 Å². The molecule has 6 aliphatic rings. The number of ether oxygens (including phenoxy) is 4. The van der Waals surface area contributed by atoms with Crippen LogP contribution in [0, 0.1) is 23.7 Å². The minimum atomic E-state index is -1.99. The number of fused-ring (bicyclic) bond motifs is 6. The van der Waals surface area contributed by atoms with Crippen molar-refractivity contribution in [2.45, 2.75) is 114 Å². The van der Waals surface area contributed by atoms with E-state index in [4.69, 9.17) is 23.9 Å². The zero-order valence-electron chi connectivity index (χ0n) is 33.9. The maximum absolute atomic E-state index is 15.1. The summed E-state index contributed by atoms with van der Waals surface area (Å²) < 4.78 is 26.2. The monoisotopic (exact) mass is 765 g/mol. The van der Waals surface area contributed by atoms with E-state index in [1.54, 1.807) is 31.9 Å². The molecule has 2 aromatic carbocycles. The van der Waals surface area contributed by atoms with Gasteiger partial charge in [0.1, 0.15) is 22.8 Å². The number of allylic oxidation sites excluding steroid dienone is 4. The van der Waals surface area contributed by atoms with Gasteiger partial charge in [-0.2, -0.15) is 0 Å². The predicted molar refractivity (Wildman–Crippen MR) is 219 cm³/mol. The highest BCUT2D eigenvalue weighted by molar-refractivity contribution is 8.00. The van der Waals surface area contributed by atoms with E-state index in [-0.39, 0.29) is 29.3 Å². The zero-order chi connectivity index (χ0) is 39.6. The highest BCUT2D eigenvalue weighted by atomic mass is 32.2. The normalized spacial score (nSPS) is 29.7. The Labute approximate surface area is 330 Å². The highest BCUT2D eigenvalue weighted by Crippen LogP contribution is 2.68. The van der Waals surface area contributed by atoms with Gasteiger partial charge in [0, 0.05) is 39.5 Å². The number of nitrogens with zero attached hydrogens (tertiary/aromatic N) is 1. The third kappa shape index (κ3) is 6.20. The Hall–Kier alpha value is -4.08. The predicted octanol–water partition coefficient (Wildman–Crippen LogP) is 9.57. The fourth-order valence-corrected chi connectivity index (χ4v) is 11.2. The molecule has 1 N–H and O–H groups in total. The largest absolute Gasteiger partial charge is 0.495 e. The molecule has 55 heavy (non-hydrogen) atoms. The van der Waals surface area contributed by atoms with E-state index in [9.17, 15) is 9.90 Å². The summed E-state index contributed by atoms with van der Waals surface area (Å²) in [4.78, 5) is 34.3. The van der Waals surface area contributed by atoms with Crippen molar-refractivity contribution in [1.29, 1.82) is 0 Å². The summed E-state index contributed by atoms with van der Waals surface area (Å²) in [5, 5.41) is 13.1. The molecule has 3 aliphatic carbocycles. The van der Waals surface area contributed by atoms with Gasteiger partial charge in [0.25, 0.3) is 0 Å². The fraction of sp³-hybridized carbons (Fsp3) is 0.500. The minimum absolute atomic E-state index is 0.0329. The van der Waals surface area contributed by atoms with Crippen LogP contribution in [0.15, 0.2) is 75.2 Å². The first-order valence-corrected chi connectivity index (χ1v) is 20.5. The van der Waals surface area contributed by atoms with Gasteiger partial charge in [-0.05, 0) is 97.4 Å². The molecular weight excluding hydrogens is 711 g/mol. The summed E-state index contributed by atoms with van der Waals surface area (Å²) in [5.41, 5.74) is 2.62. The first-order valence-electron chi connectivity index (χ1n) is 19.6. The Balaban J connectivity index is 1.57. The van der Waals surface area contributed by atoms with Crippen LogP contribution in [0.5, 0.6) is 17.2 Å². The van der Waals surface area contributed by atoms with Crippen LogP contribution < -0.4 is 14.2 Å². The third-order valence-electron chi connectivity index (χ3n) is 12.4. The molecule has 3 heterocycles. The van der Waals surface area contributed by atoms with E-state index >= 15 is 4.79 Å². The molecule has 2 aromatic rings. The Morgan fingerprint density at radius 2 is 1.78 bits per heavy atom. The molecule has 7 unspecified atom stereocenters. The molecule has 2 bridgehead atoms. The number of Topliss-reactive ketones (excluding diaryl/α,β-unsaturated/α-hetero) is 1. The zero-order valence-corrected chi connectivity index (χ0v) is 34.7. The topological polar surface area (TPSA) is 104 Å². The van der Waals surface area contributed by atoms with Crippen LogP contribution in [-0.4, -0.2) is 58.8 Å². The second-order valence-corrected chi connectivity index (χ2v) is 18.2. The quantitative estimate of drug-likeness (QED) is 0.145. The molecule has 3 fully saturated rings. The van der Waals surface area contributed by atoms with Crippen molar-refractivity contribution in [2.24, 2.45) is 28.7 Å². The van der Waals surface area contributed by atoms with E-state index in [1.807, 2.05) is 18.2 Å². The molecule has 0 radical (unpaired) electrons. The van der Waals surface area contributed by atoms with Crippen LogP contribution in [0.4, 0.5) is 5.69 Å². The first kappa shape index (κ1) is 39.2. The molecule has 0 amide bonds. The second-order valence-electron chi connectivity index (χ2n) is 16.9. The lowest BCUT2D eigenvalue weighted by molar-refractivity contribution is -0.234. The van der Waals surface area contributed by atoms with E-state index in [2.05, 4.69) is 78.8 Å². The number of thioether (sulfide) groups is 1. The summed E-state index contributed by atoms with van der Waals surface area (Å²) in [7, 11) is 3.00. The smallest absolute Gasteiger partial charge is 0.333 e. The molecule has 0 saturated heterocycles. The van der Waals surface area contributed by atoms with Crippen molar-refractivity contribution in [2.75, 3.05) is 14.2 Å². The lowest BCUT2D eigenvalue weighted by Crippen LogP contribution is -2.82. The van der Waals surface area contributed by atoms with Crippen molar-refractivity contribution in [3.05, 3.63) is 82.0 Å². The van der Waals surface area contributed by atoms with Crippen LogP contribution in [0.25, 0.3) is 6.08 Å². The first-order chi connectivity index (χ1) is 26.1. The average Bonchev–Trinajstić information content (AvgIpc) is 3.32. The third-order valence-corrected chi connectivity index (χ3v) is 13.9. The lowest BCUT2D eigenvalue weighted by Gasteiger charge is -2.67. The number of para-hydroxylation sites is 1. The van der Waals surface area contributed by atoms with Gasteiger partial charge in [0.2, 0.25) is 0 Å². The summed E-state index contributed by atoms with van der Waals surface area (Å²) in [6.45, 7) is 16.4. The second kappa shape index (κ2) is 14.5. The molecule has 1 spiro atoms. The number of aliphatic imine (C=N–C) groups is 1. The number of esters is 1. The van der Waals surface area contributed by atoms with Crippen molar-refractivity contribution >= 4 is 41.0 Å². The molecule has 8 nitrogen and oxygen atoms in total. The van der Waals surface area contributed by atoms with Gasteiger partial charge < -0.3 is 24.1 Å². The standard InChI is InChI=1S/C46H55NO7S/c1-25(2)14-13-21-44(8)22-20-30-38(53-44)29(18-17-26(3)4)40-35(39(30)51-9)37-36-41(55-34-16-12-11-15-33(34)47-37)31-24-32(27(5)6)46(36,54-40)45(50,42(31)48)23-19-28(7)43(49)52-10/h11-12,14-17,19-20,22,27,31-32,36,41,50H,13,18,21,23-24H2,1-10H3. The Bertz CT molecular complexity index is 2080. The van der Waals surface area contributed by atoms with Crippen molar-refractivity contribution in [1.82, 2.24) is 0 Å². The van der Waals surface area contributed by atoms with E-state index in [0.29, 0.717) is 35.7 Å². The number of benzene rings is 2. The van der Waals surface area contributed by atoms with E-state index < -0.39 is 34.6 Å². The summed E-state index contributed by atoms with van der Waals surface area (Å²) in [5.74, 6) is -0.145. The summed E-state index contributed by atoms with van der Waals surface area (Å²) in [6.07, 6.45) is 12.8. The van der Waals surface area contributed by atoms with Crippen LogP contribution >= 0.6 is 11.8 Å². The molecular formula is C46H55NO7S. The highest BCUT2D eigenvalue weighted by Gasteiger charge is 2.78. The fourth-order valence-electron chi connectivity index (χ4n) is 9.67. The molecule has 8 rings (SSSR count). The van der Waals surface area contributed by atoms with E-state index in [1.165, 1.54) is 12.7 Å². The van der Waals surface area contributed by atoms with Crippen LogP contribution in [0.3, 0.4) is 0 Å². The Kier molecular flexibility index (Phi) is 10.3. The van der Waals surface area contributed by atoms with Gasteiger partial charge >= 0.3 is 5.97 Å². The van der Waals surface area contributed by atoms with Gasteiger partial charge in [-0.15, -0.1) is 11.8 Å².